The van der Waals surface area contributed by atoms with Crippen molar-refractivity contribution in [3.05, 3.63) is 0 Å². The number of aliphatic carboxylic acids is 1. The molecule has 0 bridgehead atoms. The lowest BCUT2D eigenvalue weighted by molar-refractivity contribution is -0.288. The first-order valence-corrected chi connectivity index (χ1v) is 14.2. The predicted octanol–water partition coefficient (Wildman–Crippen LogP) is 7.33. The highest BCUT2D eigenvalue weighted by atomic mass is 16.5. The molecule has 0 aromatic carbocycles. The maximum absolute atomic E-state index is 12.9. The molecule has 3 nitrogen and oxygen atoms in total. The van der Waals surface area contributed by atoms with Crippen LogP contribution >= 0.6 is 0 Å². The van der Waals surface area contributed by atoms with Crippen molar-refractivity contribution in [2.75, 3.05) is 6.61 Å². The summed E-state index contributed by atoms with van der Waals surface area (Å²) in [7, 11) is 0. The van der Waals surface area contributed by atoms with Crippen molar-refractivity contribution < 1.29 is 14.6 Å². The van der Waals surface area contributed by atoms with Gasteiger partial charge in [-0.25, -0.2) is 0 Å². The van der Waals surface area contributed by atoms with Gasteiger partial charge in [-0.05, 0) is 115 Å². The van der Waals surface area contributed by atoms with E-state index < -0.39 is 11.4 Å². The molecule has 2 unspecified atom stereocenters. The Morgan fingerprint density at radius 3 is 2.06 bits per heavy atom. The van der Waals surface area contributed by atoms with Crippen LogP contribution in [0.1, 0.15) is 112 Å². The smallest absolute Gasteiger partial charge is 0.309 e. The minimum absolute atomic E-state index is 0.135. The van der Waals surface area contributed by atoms with E-state index in [2.05, 4.69) is 41.5 Å². The molecular formula is C30H48O3. The fraction of sp³-hybridized carbons (Fsp3) is 0.967. The van der Waals surface area contributed by atoms with Crippen molar-refractivity contribution in [1.29, 1.82) is 0 Å². The van der Waals surface area contributed by atoms with Gasteiger partial charge in [-0.1, -0.05) is 41.5 Å². The highest BCUT2D eigenvalue weighted by Gasteiger charge is 2.73. The minimum Gasteiger partial charge on any atom is -0.481 e. The van der Waals surface area contributed by atoms with Crippen LogP contribution in [0.2, 0.25) is 0 Å². The molecule has 0 aromatic rings. The molecule has 33 heavy (non-hydrogen) atoms. The lowest BCUT2D eigenvalue weighted by Gasteiger charge is -2.75. The average molecular weight is 457 g/mol. The molecule has 1 heterocycles. The van der Waals surface area contributed by atoms with Crippen LogP contribution in [0.5, 0.6) is 0 Å². The summed E-state index contributed by atoms with van der Waals surface area (Å²) >= 11 is 0. The molecule has 3 heteroatoms. The van der Waals surface area contributed by atoms with Gasteiger partial charge in [0.15, 0.2) is 0 Å². The van der Waals surface area contributed by atoms with Crippen molar-refractivity contribution >= 4 is 5.97 Å². The maximum atomic E-state index is 12.9. The van der Waals surface area contributed by atoms with Gasteiger partial charge in [0.05, 0.1) is 18.1 Å². The zero-order valence-electron chi connectivity index (χ0n) is 22.1. The molecule has 5 saturated carbocycles. The van der Waals surface area contributed by atoms with Crippen LogP contribution in [0.15, 0.2) is 0 Å². The molecule has 186 valence electrons. The van der Waals surface area contributed by atoms with Crippen LogP contribution < -0.4 is 0 Å². The van der Waals surface area contributed by atoms with E-state index in [1.54, 1.807) is 0 Å². The summed E-state index contributed by atoms with van der Waals surface area (Å²) < 4.78 is 6.00. The Labute approximate surface area is 201 Å². The van der Waals surface area contributed by atoms with Crippen LogP contribution in [-0.2, 0) is 9.53 Å². The van der Waals surface area contributed by atoms with Crippen LogP contribution in [-0.4, -0.2) is 23.8 Å². The Balaban J connectivity index is 1.40. The number of rotatable bonds is 1. The molecule has 1 saturated heterocycles. The Kier molecular flexibility index (Phi) is 4.57. The molecule has 0 spiro atoms. The number of carboxylic acid groups (broad SMARTS) is 1. The van der Waals surface area contributed by atoms with Crippen LogP contribution in [0.3, 0.4) is 0 Å². The van der Waals surface area contributed by atoms with Crippen LogP contribution in [0.25, 0.3) is 0 Å². The van der Waals surface area contributed by atoms with Crippen molar-refractivity contribution in [3.8, 4) is 0 Å². The van der Waals surface area contributed by atoms with Crippen molar-refractivity contribution in [2.45, 2.75) is 118 Å². The lowest BCUT2D eigenvalue weighted by Crippen LogP contribution is -2.70. The van der Waals surface area contributed by atoms with Crippen molar-refractivity contribution in [3.63, 3.8) is 0 Å². The van der Waals surface area contributed by atoms with E-state index in [-0.39, 0.29) is 16.2 Å². The third-order valence-corrected chi connectivity index (χ3v) is 14.1. The zero-order chi connectivity index (χ0) is 23.7. The Bertz CT molecular complexity index is 865. The molecule has 0 aromatic heterocycles. The van der Waals surface area contributed by atoms with Gasteiger partial charge in [-0.3, -0.25) is 4.79 Å². The number of ether oxygens (including phenoxy) is 1. The predicted molar refractivity (Wildman–Crippen MR) is 131 cm³/mol. The molecule has 6 aliphatic rings. The fourth-order valence-electron chi connectivity index (χ4n) is 11.8. The zero-order valence-corrected chi connectivity index (χ0v) is 22.1. The van der Waals surface area contributed by atoms with Gasteiger partial charge in [0.2, 0.25) is 0 Å². The summed E-state index contributed by atoms with van der Waals surface area (Å²) in [6.07, 6.45) is 13.4. The minimum atomic E-state index is -0.487. The van der Waals surface area contributed by atoms with E-state index in [9.17, 15) is 9.90 Å². The lowest BCUT2D eigenvalue weighted by atomic mass is 9.30. The van der Waals surface area contributed by atoms with Crippen LogP contribution in [0, 0.1) is 56.2 Å². The second-order valence-corrected chi connectivity index (χ2v) is 15.4. The molecule has 6 fully saturated rings. The second-order valence-electron chi connectivity index (χ2n) is 15.4. The molecule has 10 atom stereocenters. The topological polar surface area (TPSA) is 46.5 Å². The number of carbonyl (C=O) groups is 1. The second kappa shape index (κ2) is 6.60. The van der Waals surface area contributed by atoms with Crippen LogP contribution in [0.4, 0.5) is 0 Å². The first-order valence-electron chi connectivity index (χ1n) is 14.2. The summed E-state index contributed by atoms with van der Waals surface area (Å²) in [5, 5.41) is 10.6. The van der Waals surface area contributed by atoms with Crippen molar-refractivity contribution in [1.82, 2.24) is 0 Å². The fourth-order valence-corrected chi connectivity index (χ4v) is 11.8. The van der Waals surface area contributed by atoms with E-state index in [0.29, 0.717) is 22.9 Å². The summed E-state index contributed by atoms with van der Waals surface area (Å²) in [5.74, 6) is 2.15. The first-order chi connectivity index (χ1) is 15.3. The summed E-state index contributed by atoms with van der Waals surface area (Å²) in [6, 6.07) is 0. The molecule has 1 aliphatic heterocycles. The van der Waals surface area contributed by atoms with Crippen molar-refractivity contribution in [2.24, 2.45) is 56.2 Å². The van der Waals surface area contributed by atoms with E-state index in [1.807, 2.05) is 0 Å². The number of carboxylic acids is 1. The third kappa shape index (κ3) is 2.59. The monoisotopic (exact) mass is 456 g/mol. The van der Waals surface area contributed by atoms with Gasteiger partial charge >= 0.3 is 5.97 Å². The van der Waals surface area contributed by atoms with Gasteiger partial charge in [-0.2, -0.15) is 0 Å². The quantitative estimate of drug-likeness (QED) is 0.449. The summed E-state index contributed by atoms with van der Waals surface area (Å²) in [6.45, 7) is 16.3. The standard InChI is InChI=1S/C30H48O3/c1-25(2)11-15-30(24(31)32)16-14-28(5)22-9-10-26(3)19-18-33-20(19)7-8-21(26)27(22,4)12-13-29(28,6)23(30)17-25/h19-23H,7-18H2,1-6H3,(H,31,32)/t19-,20-,21+,22?,23?,26+,27-,28+,29-,30-/m0/s1. The van der Waals surface area contributed by atoms with E-state index >= 15 is 0 Å². The van der Waals surface area contributed by atoms with E-state index in [1.165, 1.54) is 38.5 Å². The highest BCUT2D eigenvalue weighted by molar-refractivity contribution is 5.76. The SMILES string of the molecule is CC1(C)CC[C@]2(C(=O)O)CC[C@]3(C)C4CC[C@@]5(C)[C@@H](CC[C@@H]6OC[C@@H]65)[C@]4(C)CC[C@@]3(C)C2C1. The molecule has 5 aliphatic carbocycles. The molecule has 6 rings (SSSR count). The highest BCUT2D eigenvalue weighted by Crippen LogP contribution is 2.78. The van der Waals surface area contributed by atoms with E-state index in [0.717, 1.165) is 56.5 Å². The molecule has 0 radical (unpaired) electrons. The third-order valence-electron chi connectivity index (χ3n) is 14.1. The summed E-state index contributed by atoms with van der Waals surface area (Å²) in [5.41, 5.74) is 1.01. The summed E-state index contributed by atoms with van der Waals surface area (Å²) in [4.78, 5) is 12.9. The maximum Gasteiger partial charge on any atom is 0.309 e. The Hall–Kier alpha value is -0.570. The van der Waals surface area contributed by atoms with Gasteiger partial charge in [0.1, 0.15) is 0 Å². The number of fused-ring (bicyclic) bond motifs is 9. The Morgan fingerprint density at radius 2 is 1.39 bits per heavy atom. The van der Waals surface area contributed by atoms with Gasteiger partial charge in [-0.15, -0.1) is 0 Å². The van der Waals surface area contributed by atoms with Gasteiger partial charge in [0, 0.05) is 5.92 Å². The molecular weight excluding hydrogens is 408 g/mol. The van der Waals surface area contributed by atoms with E-state index in [4.69, 9.17) is 4.74 Å². The molecule has 1 N–H and O–H groups in total. The Morgan fingerprint density at radius 1 is 0.727 bits per heavy atom. The van der Waals surface area contributed by atoms with Gasteiger partial charge < -0.3 is 9.84 Å². The largest absolute Gasteiger partial charge is 0.481 e. The first kappa shape index (κ1) is 22.9. The average Bonchev–Trinajstić information content (AvgIpc) is 2.70. The number of hydrogen-bond acceptors (Lipinski definition) is 2. The van der Waals surface area contributed by atoms with Gasteiger partial charge in [0.25, 0.3) is 0 Å². The number of hydrogen-bond donors (Lipinski definition) is 1. The molecule has 0 amide bonds. The normalized spacial score (nSPS) is 59.0.